The summed E-state index contributed by atoms with van der Waals surface area (Å²) in [6.07, 6.45) is 0. The van der Waals surface area contributed by atoms with Crippen LogP contribution in [0.25, 0.3) is 0 Å². The Kier molecular flexibility index (Phi) is 4.45. The van der Waals surface area contributed by atoms with Crippen LogP contribution in [-0.4, -0.2) is 30.1 Å². The molecule has 6 heteroatoms. The number of carbonyl (C=O) groups excluding carboxylic acids is 2. The van der Waals surface area contributed by atoms with Gasteiger partial charge in [0, 0.05) is 13.2 Å². The van der Waals surface area contributed by atoms with Crippen molar-refractivity contribution in [1.82, 2.24) is 15.5 Å². The van der Waals surface area contributed by atoms with Crippen molar-refractivity contribution in [1.29, 1.82) is 0 Å². The van der Waals surface area contributed by atoms with Crippen molar-refractivity contribution in [3.63, 3.8) is 0 Å². The van der Waals surface area contributed by atoms with Crippen LogP contribution in [0.1, 0.15) is 26.3 Å². The first-order valence-electron chi connectivity index (χ1n) is 7.28. The molecule has 0 atom stereocenters. The Morgan fingerprint density at radius 1 is 0.870 bits per heavy atom. The zero-order chi connectivity index (χ0) is 16.2. The molecule has 0 spiro atoms. The molecule has 0 unspecified atom stereocenters. The van der Waals surface area contributed by atoms with Gasteiger partial charge in [-0.05, 0) is 29.8 Å². The summed E-state index contributed by atoms with van der Waals surface area (Å²) in [6, 6.07) is 13.0. The molecule has 1 aliphatic rings. The quantitative estimate of drug-likeness (QED) is 0.484. The van der Waals surface area contributed by atoms with Gasteiger partial charge in [-0.1, -0.05) is 24.3 Å². The predicted octanol–water partition coefficient (Wildman–Crippen LogP) is 1.72. The fraction of sp³-hybridized carbons (Fsp3) is 0.176. The van der Waals surface area contributed by atoms with Gasteiger partial charge in [0.05, 0.1) is 17.8 Å². The first-order valence-corrected chi connectivity index (χ1v) is 7.28. The molecule has 0 saturated heterocycles. The Labute approximate surface area is 133 Å². The Morgan fingerprint density at radius 3 is 2.09 bits per heavy atom. The van der Waals surface area contributed by atoms with Gasteiger partial charge < -0.3 is 5.32 Å². The van der Waals surface area contributed by atoms with Crippen molar-refractivity contribution in [3.8, 4) is 0 Å². The molecule has 0 aromatic heterocycles. The largest absolute Gasteiger partial charge is 0.300 e. The molecule has 0 bridgehead atoms. The van der Waals surface area contributed by atoms with Crippen LogP contribution in [-0.2, 0) is 6.54 Å². The molecular formula is C17H16FN3O2. The molecule has 23 heavy (non-hydrogen) atoms. The topological polar surface area (TPSA) is 61.4 Å². The van der Waals surface area contributed by atoms with Crippen LogP contribution in [0, 0.1) is 5.82 Å². The van der Waals surface area contributed by atoms with Crippen LogP contribution in [0.2, 0.25) is 0 Å². The Hall–Kier alpha value is -2.57. The lowest BCUT2D eigenvalue weighted by Crippen LogP contribution is -2.41. The molecule has 0 aliphatic carbocycles. The minimum Gasteiger partial charge on any atom is -0.300 e. The predicted molar refractivity (Wildman–Crippen MR) is 83.1 cm³/mol. The van der Waals surface area contributed by atoms with Gasteiger partial charge in [0.1, 0.15) is 5.82 Å². The number of nitrogens with zero attached hydrogens (tertiary/aromatic N) is 1. The highest BCUT2D eigenvalue weighted by Gasteiger charge is 2.34. The summed E-state index contributed by atoms with van der Waals surface area (Å²) in [4.78, 5) is 25.5. The van der Waals surface area contributed by atoms with Crippen molar-refractivity contribution in [2.75, 3.05) is 13.3 Å². The molecule has 0 radical (unpaired) electrons. The van der Waals surface area contributed by atoms with Gasteiger partial charge in [-0.3, -0.25) is 19.8 Å². The summed E-state index contributed by atoms with van der Waals surface area (Å²) in [5, 5.41) is 6.12. The lowest BCUT2D eigenvalue weighted by atomic mass is 10.1. The van der Waals surface area contributed by atoms with Gasteiger partial charge in [0.25, 0.3) is 11.8 Å². The van der Waals surface area contributed by atoms with Gasteiger partial charge in [-0.15, -0.1) is 0 Å². The third-order valence-corrected chi connectivity index (χ3v) is 3.64. The minimum atomic E-state index is -0.281. The maximum absolute atomic E-state index is 12.8. The fourth-order valence-electron chi connectivity index (χ4n) is 2.45. The Morgan fingerprint density at radius 2 is 1.48 bits per heavy atom. The monoisotopic (exact) mass is 313 g/mol. The van der Waals surface area contributed by atoms with Gasteiger partial charge in [0.2, 0.25) is 0 Å². The summed E-state index contributed by atoms with van der Waals surface area (Å²) in [7, 11) is 0. The number of imide groups is 1. The molecule has 118 valence electrons. The lowest BCUT2D eigenvalue weighted by Gasteiger charge is -2.15. The Balaban J connectivity index is 1.46. The van der Waals surface area contributed by atoms with Gasteiger partial charge >= 0.3 is 0 Å². The second-order valence-corrected chi connectivity index (χ2v) is 5.22. The van der Waals surface area contributed by atoms with E-state index in [1.54, 1.807) is 36.4 Å². The van der Waals surface area contributed by atoms with Crippen molar-refractivity contribution in [2.24, 2.45) is 0 Å². The van der Waals surface area contributed by atoms with Crippen molar-refractivity contribution in [3.05, 3.63) is 71.0 Å². The van der Waals surface area contributed by atoms with Crippen LogP contribution in [0.3, 0.4) is 0 Å². The van der Waals surface area contributed by atoms with E-state index in [9.17, 15) is 14.0 Å². The number of hydrogen-bond acceptors (Lipinski definition) is 4. The number of halogens is 1. The number of benzene rings is 2. The lowest BCUT2D eigenvalue weighted by molar-refractivity contribution is 0.0641. The third-order valence-electron chi connectivity index (χ3n) is 3.64. The fourth-order valence-corrected chi connectivity index (χ4v) is 2.45. The van der Waals surface area contributed by atoms with Gasteiger partial charge in [-0.2, -0.15) is 0 Å². The second kappa shape index (κ2) is 6.68. The molecule has 2 N–H and O–H groups in total. The van der Waals surface area contributed by atoms with Crippen molar-refractivity contribution >= 4 is 11.8 Å². The number of carbonyl (C=O) groups is 2. The maximum Gasteiger partial charge on any atom is 0.262 e. The first-order chi connectivity index (χ1) is 11.2. The number of fused-ring (bicyclic) bond motifs is 1. The normalized spacial score (nSPS) is 13.5. The number of nitrogens with one attached hydrogen (secondary N) is 2. The first kappa shape index (κ1) is 15.3. The average Bonchev–Trinajstić information content (AvgIpc) is 2.81. The highest BCUT2D eigenvalue weighted by molar-refractivity contribution is 6.21. The van der Waals surface area contributed by atoms with Crippen LogP contribution in [0.5, 0.6) is 0 Å². The molecule has 1 aliphatic heterocycles. The summed E-state index contributed by atoms with van der Waals surface area (Å²) in [6.45, 7) is 1.13. The molecule has 0 saturated carbocycles. The van der Waals surface area contributed by atoms with E-state index in [0.29, 0.717) is 24.3 Å². The van der Waals surface area contributed by atoms with E-state index in [2.05, 4.69) is 10.6 Å². The zero-order valence-corrected chi connectivity index (χ0v) is 12.4. The standard InChI is InChI=1S/C17H16FN3O2/c18-13-7-5-12(6-8-13)9-19-10-20-11-21-16(22)14-3-1-2-4-15(14)17(21)23/h1-8,19-20H,9-11H2. The average molecular weight is 313 g/mol. The van der Waals surface area contributed by atoms with Crippen molar-refractivity contribution < 1.29 is 14.0 Å². The second-order valence-electron chi connectivity index (χ2n) is 5.22. The zero-order valence-electron chi connectivity index (χ0n) is 12.4. The molecule has 3 rings (SSSR count). The smallest absolute Gasteiger partial charge is 0.262 e. The number of rotatable bonds is 6. The Bertz CT molecular complexity index is 696. The van der Waals surface area contributed by atoms with E-state index in [0.717, 1.165) is 5.56 Å². The highest BCUT2D eigenvalue weighted by atomic mass is 19.1. The van der Waals surface area contributed by atoms with Gasteiger partial charge in [0.15, 0.2) is 0 Å². The van der Waals surface area contributed by atoms with Crippen LogP contribution in [0.4, 0.5) is 4.39 Å². The maximum atomic E-state index is 12.8. The van der Waals surface area contributed by atoms with Crippen LogP contribution >= 0.6 is 0 Å². The molecule has 0 fully saturated rings. The van der Waals surface area contributed by atoms with E-state index < -0.39 is 0 Å². The van der Waals surface area contributed by atoms with Gasteiger partial charge in [-0.25, -0.2) is 4.39 Å². The molecular weight excluding hydrogens is 297 g/mol. The minimum absolute atomic E-state index is 0.142. The molecule has 5 nitrogen and oxygen atoms in total. The molecule has 1 heterocycles. The van der Waals surface area contributed by atoms with E-state index in [-0.39, 0.29) is 24.3 Å². The van der Waals surface area contributed by atoms with E-state index in [1.807, 2.05) is 0 Å². The SMILES string of the molecule is O=C1c2ccccc2C(=O)N1CNCNCc1ccc(F)cc1. The van der Waals surface area contributed by atoms with Crippen LogP contribution in [0.15, 0.2) is 48.5 Å². The highest BCUT2D eigenvalue weighted by Crippen LogP contribution is 2.21. The van der Waals surface area contributed by atoms with E-state index in [4.69, 9.17) is 0 Å². The summed E-state index contributed by atoms with van der Waals surface area (Å²) >= 11 is 0. The third kappa shape index (κ3) is 3.28. The summed E-state index contributed by atoms with van der Waals surface area (Å²) < 4.78 is 12.8. The van der Waals surface area contributed by atoms with E-state index >= 15 is 0 Å². The van der Waals surface area contributed by atoms with Crippen molar-refractivity contribution in [2.45, 2.75) is 6.54 Å². The number of hydrogen-bond donors (Lipinski definition) is 2. The summed E-state index contributed by atoms with van der Waals surface area (Å²) in [5.74, 6) is -0.828. The number of amides is 2. The van der Waals surface area contributed by atoms with E-state index in [1.165, 1.54) is 17.0 Å². The molecule has 2 aromatic carbocycles. The summed E-state index contributed by atoms with van der Waals surface area (Å²) in [5.41, 5.74) is 1.84. The van der Waals surface area contributed by atoms with Crippen LogP contribution < -0.4 is 10.6 Å². The molecule has 2 aromatic rings. The molecule has 2 amide bonds.